The number of aryl methyl sites for hydroxylation is 2. The predicted molar refractivity (Wildman–Crippen MR) is 102 cm³/mol. The highest BCUT2D eigenvalue weighted by Gasteiger charge is 2.11. The molecule has 0 spiro atoms. The number of ether oxygens (including phenoxy) is 2. The Balaban J connectivity index is 2.56. The van der Waals surface area contributed by atoms with Gasteiger partial charge in [0.1, 0.15) is 0 Å². The van der Waals surface area contributed by atoms with Gasteiger partial charge in [-0.3, -0.25) is 4.99 Å². The van der Waals surface area contributed by atoms with Gasteiger partial charge in [-0.25, -0.2) is 0 Å². The van der Waals surface area contributed by atoms with Crippen molar-refractivity contribution >= 4 is 18.0 Å². The first kappa shape index (κ1) is 17.8. The molecule has 0 N–H and O–H groups in total. The summed E-state index contributed by atoms with van der Waals surface area (Å²) in [7, 11) is 3.27. The summed E-state index contributed by atoms with van der Waals surface area (Å²) in [5.74, 6) is 1.42. The van der Waals surface area contributed by atoms with Gasteiger partial charge in [0.05, 0.1) is 19.9 Å². The number of rotatable bonds is 6. The molecule has 126 valence electrons. The molecule has 24 heavy (non-hydrogen) atoms. The summed E-state index contributed by atoms with van der Waals surface area (Å²) < 4.78 is 10.7. The molecule has 0 aliphatic carbocycles. The minimum atomic E-state index is 0.705. The lowest BCUT2D eigenvalue weighted by atomic mass is 9.97. The Labute approximate surface area is 144 Å². The topological polar surface area (TPSA) is 30.8 Å². The van der Waals surface area contributed by atoms with Gasteiger partial charge in [0.25, 0.3) is 0 Å². The maximum atomic E-state index is 5.40. The molecular weight excluding hydrogens is 298 g/mol. The molecular formula is C21H25NO2. The van der Waals surface area contributed by atoms with Crippen LogP contribution in [0.1, 0.15) is 36.1 Å². The van der Waals surface area contributed by atoms with Crippen LogP contribution in [0.4, 0.5) is 0 Å². The Morgan fingerprint density at radius 2 is 1.67 bits per heavy atom. The van der Waals surface area contributed by atoms with E-state index in [9.17, 15) is 0 Å². The number of methoxy groups -OCH3 is 2. The van der Waals surface area contributed by atoms with Gasteiger partial charge in [0, 0.05) is 5.56 Å². The average Bonchev–Trinajstić information content (AvgIpc) is 2.62. The van der Waals surface area contributed by atoms with E-state index < -0.39 is 0 Å². The van der Waals surface area contributed by atoms with E-state index in [4.69, 9.17) is 9.47 Å². The van der Waals surface area contributed by atoms with Crippen LogP contribution in [0.15, 0.2) is 41.4 Å². The fourth-order valence-corrected chi connectivity index (χ4v) is 2.83. The second-order valence-electron chi connectivity index (χ2n) is 5.70. The normalized spacial score (nSPS) is 11.7. The quantitative estimate of drug-likeness (QED) is 0.543. The van der Waals surface area contributed by atoms with Crippen molar-refractivity contribution in [3.05, 3.63) is 58.7 Å². The van der Waals surface area contributed by atoms with Gasteiger partial charge in [-0.2, -0.15) is 0 Å². The molecule has 0 unspecified atom stereocenters. The summed E-state index contributed by atoms with van der Waals surface area (Å²) in [5.41, 5.74) is 6.68. The minimum Gasteiger partial charge on any atom is -0.493 e. The SMILES string of the molecule is C=N/C(=C(\C)c1ccc(OC)c(OC)c1)c1ccc(C)c(CC)c1. The van der Waals surface area contributed by atoms with Gasteiger partial charge in [-0.1, -0.05) is 25.1 Å². The third-order valence-electron chi connectivity index (χ3n) is 4.33. The van der Waals surface area contributed by atoms with E-state index in [0.29, 0.717) is 11.5 Å². The molecule has 3 heteroatoms. The van der Waals surface area contributed by atoms with Crippen molar-refractivity contribution in [1.82, 2.24) is 0 Å². The molecule has 0 heterocycles. The maximum Gasteiger partial charge on any atom is 0.161 e. The van der Waals surface area contributed by atoms with Crippen LogP contribution in [0.3, 0.4) is 0 Å². The zero-order valence-electron chi connectivity index (χ0n) is 15.1. The maximum absolute atomic E-state index is 5.40. The van der Waals surface area contributed by atoms with Gasteiger partial charge >= 0.3 is 0 Å². The Hall–Kier alpha value is -2.55. The highest BCUT2D eigenvalue weighted by atomic mass is 16.5. The molecule has 0 bridgehead atoms. The molecule has 0 fully saturated rings. The van der Waals surface area contributed by atoms with E-state index in [2.05, 4.69) is 50.7 Å². The van der Waals surface area contributed by atoms with E-state index in [1.165, 1.54) is 11.1 Å². The van der Waals surface area contributed by atoms with Crippen molar-refractivity contribution in [2.24, 2.45) is 4.99 Å². The number of hydrogen-bond acceptors (Lipinski definition) is 3. The zero-order valence-corrected chi connectivity index (χ0v) is 15.1. The van der Waals surface area contributed by atoms with E-state index in [-0.39, 0.29) is 0 Å². The lowest BCUT2D eigenvalue weighted by Gasteiger charge is -2.13. The first-order valence-electron chi connectivity index (χ1n) is 8.05. The first-order chi connectivity index (χ1) is 11.5. The molecule has 0 saturated carbocycles. The Morgan fingerprint density at radius 1 is 1.00 bits per heavy atom. The molecule has 0 aliphatic rings. The van der Waals surface area contributed by atoms with Crippen molar-refractivity contribution in [3.8, 4) is 11.5 Å². The van der Waals surface area contributed by atoms with E-state index in [1.54, 1.807) is 14.2 Å². The standard InChI is InChI=1S/C21H25NO2/c1-7-16-12-18(9-8-14(16)2)21(22-4)15(3)17-10-11-19(23-5)20(13-17)24-6/h8-13H,4,7H2,1-3,5-6H3/b21-15+. The molecule has 2 aromatic carbocycles. The number of benzene rings is 2. The van der Waals surface area contributed by atoms with Gasteiger partial charge < -0.3 is 9.47 Å². The smallest absolute Gasteiger partial charge is 0.161 e. The summed E-state index contributed by atoms with van der Waals surface area (Å²) in [5, 5.41) is 0. The van der Waals surface area contributed by atoms with Crippen LogP contribution in [-0.4, -0.2) is 20.9 Å². The van der Waals surface area contributed by atoms with Crippen molar-refractivity contribution in [3.63, 3.8) is 0 Å². The molecule has 0 aliphatic heterocycles. The fourth-order valence-electron chi connectivity index (χ4n) is 2.83. The molecule has 0 saturated heterocycles. The first-order valence-corrected chi connectivity index (χ1v) is 8.05. The fraction of sp³-hybridized carbons (Fsp3) is 0.286. The van der Waals surface area contributed by atoms with E-state index in [1.807, 2.05) is 18.2 Å². The summed E-state index contributed by atoms with van der Waals surface area (Å²) in [6.07, 6.45) is 1.000. The third-order valence-corrected chi connectivity index (χ3v) is 4.33. The number of aliphatic imine (C=N–C) groups is 1. The highest BCUT2D eigenvalue weighted by Crippen LogP contribution is 2.34. The summed E-state index contributed by atoms with van der Waals surface area (Å²) >= 11 is 0. The molecule has 2 rings (SSSR count). The van der Waals surface area contributed by atoms with E-state index >= 15 is 0 Å². The Morgan fingerprint density at radius 3 is 2.25 bits per heavy atom. The van der Waals surface area contributed by atoms with Crippen molar-refractivity contribution in [1.29, 1.82) is 0 Å². The summed E-state index contributed by atoms with van der Waals surface area (Å²) in [4.78, 5) is 4.30. The van der Waals surface area contributed by atoms with Crippen molar-refractivity contribution < 1.29 is 9.47 Å². The second kappa shape index (κ2) is 7.82. The Kier molecular flexibility index (Phi) is 5.80. The Bertz CT molecular complexity index is 775. The van der Waals surface area contributed by atoms with Gasteiger partial charge in [-0.15, -0.1) is 0 Å². The second-order valence-corrected chi connectivity index (χ2v) is 5.70. The van der Waals surface area contributed by atoms with Crippen LogP contribution in [0, 0.1) is 6.92 Å². The average molecular weight is 323 g/mol. The summed E-state index contributed by atoms with van der Waals surface area (Å²) in [6.45, 7) is 10.1. The van der Waals surface area contributed by atoms with Gasteiger partial charge in [0.15, 0.2) is 11.5 Å². The number of hydrogen-bond donors (Lipinski definition) is 0. The lowest BCUT2D eigenvalue weighted by molar-refractivity contribution is 0.355. The lowest BCUT2D eigenvalue weighted by Crippen LogP contribution is -1.94. The largest absolute Gasteiger partial charge is 0.493 e. The predicted octanol–water partition coefficient (Wildman–Crippen LogP) is 5.16. The van der Waals surface area contributed by atoms with Crippen LogP contribution >= 0.6 is 0 Å². The van der Waals surface area contributed by atoms with Gasteiger partial charge in [-0.05, 0) is 67.4 Å². The number of allylic oxidation sites excluding steroid dienone is 1. The monoisotopic (exact) mass is 323 g/mol. The number of nitrogens with zero attached hydrogens (tertiary/aromatic N) is 1. The molecule has 2 aromatic rings. The van der Waals surface area contributed by atoms with E-state index in [0.717, 1.165) is 28.8 Å². The molecule has 0 atom stereocenters. The molecule has 0 aromatic heterocycles. The zero-order chi connectivity index (χ0) is 17.7. The highest BCUT2D eigenvalue weighted by molar-refractivity contribution is 5.91. The van der Waals surface area contributed by atoms with Crippen molar-refractivity contribution in [2.45, 2.75) is 27.2 Å². The molecule has 0 amide bonds. The molecule has 3 nitrogen and oxygen atoms in total. The van der Waals surface area contributed by atoms with Crippen LogP contribution in [-0.2, 0) is 6.42 Å². The summed E-state index contributed by atoms with van der Waals surface area (Å²) in [6, 6.07) is 12.3. The van der Waals surface area contributed by atoms with Crippen LogP contribution in [0.25, 0.3) is 11.3 Å². The van der Waals surface area contributed by atoms with Crippen LogP contribution in [0.5, 0.6) is 11.5 Å². The minimum absolute atomic E-state index is 0.705. The van der Waals surface area contributed by atoms with Crippen LogP contribution in [0.2, 0.25) is 0 Å². The van der Waals surface area contributed by atoms with Crippen molar-refractivity contribution in [2.75, 3.05) is 14.2 Å². The molecule has 0 radical (unpaired) electrons. The third kappa shape index (κ3) is 3.51. The van der Waals surface area contributed by atoms with Gasteiger partial charge in [0.2, 0.25) is 0 Å². The van der Waals surface area contributed by atoms with Crippen LogP contribution < -0.4 is 9.47 Å².